The van der Waals surface area contributed by atoms with Crippen LogP contribution in [0.1, 0.15) is 46.0 Å². The van der Waals surface area contributed by atoms with Crippen LogP contribution in [0.4, 0.5) is 0 Å². The highest BCUT2D eigenvalue weighted by atomic mass is 16.5. The van der Waals surface area contributed by atoms with E-state index in [9.17, 15) is 0 Å². The average molecular weight is 167 g/mol. The smallest absolute Gasteiger partial charge is 0.154 e. The van der Waals surface area contributed by atoms with Crippen LogP contribution >= 0.6 is 0 Å². The Morgan fingerprint density at radius 2 is 1.83 bits per heavy atom. The topological polar surface area (TPSA) is 33.0 Å². The minimum atomic E-state index is -0.452. The van der Waals surface area contributed by atoms with Crippen molar-refractivity contribution in [3.8, 4) is 6.07 Å². The minimum Gasteiger partial charge on any atom is -0.357 e. The molecule has 12 heavy (non-hydrogen) atoms. The molecule has 0 radical (unpaired) electrons. The normalized spacial score (nSPS) is 22.2. The predicted molar refractivity (Wildman–Crippen MR) is 47.7 cm³/mol. The number of nitrogens with zero attached hydrogens (tertiary/aromatic N) is 1. The van der Waals surface area contributed by atoms with E-state index in [1.54, 1.807) is 0 Å². The quantitative estimate of drug-likeness (QED) is 0.633. The van der Waals surface area contributed by atoms with Crippen molar-refractivity contribution in [3.63, 3.8) is 0 Å². The summed E-state index contributed by atoms with van der Waals surface area (Å²) < 4.78 is 5.67. The van der Waals surface area contributed by atoms with Gasteiger partial charge in [-0.15, -0.1) is 0 Å². The molecule has 0 unspecified atom stereocenters. The fourth-order valence-electron chi connectivity index (χ4n) is 1.83. The number of ether oxygens (including phenoxy) is 1. The van der Waals surface area contributed by atoms with Gasteiger partial charge in [0.15, 0.2) is 5.60 Å². The molecule has 0 spiro atoms. The third-order valence-corrected chi connectivity index (χ3v) is 2.33. The van der Waals surface area contributed by atoms with Crippen molar-refractivity contribution in [1.82, 2.24) is 0 Å². The molecule has 1 aliphatic rings. The monoisotopic (exact) mass is 167 g/mol. The van der Waals surface area contributed by atoms with Crippen LogP contribution in [0, 0.1) is 11.3 Å². The molecule has 2 nitrogen and oxygen atoms in total. The van der Waals surface area contributed by atoms with E-state index in [1.165, 1.54) is 6.42 Å². The Hall–Kier alpha value is -0.550. The van der Waals surface area contributed by atoms with Crippen molar-refractivity contribution >= 4 is 0 Å². The second kappa shape index (κ2) is 3.91. The highest BCUT2D eigenvalue weighted by Gasteiger charge is 2.33. The molecule has 1 saturated carbocycles. The summed E-state index contributed by atoms with van der Waals surface area (Å²) in [5.74, 6) is 0. The maximum absolute atomic E-state index is 9.02. The van der Waals surface area contributed by atoms with Gasteiger partial charge in [-0.25, -0.2) is 0 Å². The van der Waals surface area contributed by atoms with Crippen LogP contribution in [-0.4, -0.2) is 11.7 Å². The van der Waals surface area contributed by atoms with E-state index in [0.29, 0.717) is 0 Å². The lowest BCUT2D eigenvalue weighted by atomic mass is 9.86. The molecule has 0 N–H and O–H groups in total. The molecule has 0 heterocycles. The summed E-state index contributed by atoms with van der Waals surface area (Å²) in [6.45, 7) is 3.99. The van der Waals surface area contributed by atoms with E-state index in [2.05, 4.69) is 6.07 Å². The van der Waals surface area contributed by atoms with E-state index >= 15 is 0 Å². The van der Waals surface area contributed by atoms with Crippen LogP contribution in [0.25, 0.3) is 0 Å². The molecule has 0 aromatic rings. The van der Waals surface area contributed by atoms with Gasteiger partial charge in [-0.2, -0.15) is 5.26 Å². The van der Waals surface area contributed by atoms with E-state index in [0.717, 1.165) is 25.7 Å². The Kier molecular flexibility index (Phi) is 3.11. The molecule has 0 atom stereocenters. The molecular formula is C10H17NO. The Morgan fingerprint density at radius 3 is 2.25 bits per heavy atom. The Bertz CT molecular complexity index is 175. The fraction of sp³-hybridized carbons (Fsp3) is 0.900. The number of rotatable bonds is 2. The molecule has 0 saturated heterocycles. The van der Waals surface area contributed by atoms with Crippen LogP contribution in [0.5, 0.6) is 0 Å². The summed E-state index contributed by atoms with van der Waals surface area (Å²) in [6.07, 6.45) is 5.54. The highest BCUT2D eigenvalue weighted by molar-refractivity contribution is 5.03. The first-order valence-corrected chi connectivity index (χ1v) is 4.78. The summed E-state index contributed by atoms with van der Waals surface area (Å²) >= 11 is 0. The summed E-state index contributed by atoms with van der Waals surface area (Å²) in [6, 6.07) is 2.33. The SMILES string of the molecule is CC(C)OC1(C#N)CCCCC1. The maximum atomic E-state index is 9.02. The molecule has 68 valence electrons. The van der Waals surface area contributed by atoms with Gasteiger partial charge < -0.3 is 4.74 Å². The van der Waals surface area contributed by atoms with Crippen LogP contribution in [0.3, 0.4) is 0 Å². The molecule has 1 aliphatic carbocycles. The van der Waals surface area contributed by atoms with Gasteiger partial charge in [0.25, 0.3) is 0 Å². The zero-order valence-electron chi connectivity index (χ0n) is 7.97. The lowest BCUT2D eigenvalue weighted by Gasteiger charge is -2.32. The third-order valence-electron chi connectivity index (χ3n) is 2.33. The number of hydrogen-bond donors (Lipinski definition) is 0. The van der Waals surface area contributed by atoms with Gasteiger partial charge in [-0.05, 0) is 39.5 Å². The second-order valence-electron chi connectivity index (χ2n) is 3.83. The minimum absolute atomic E-state index is 0.169. The predicted octanol–water partition coefficient (Wildman–Crippen LogP) is 2.64. The van der Waals surface area contributed by atoms with Crippen LogP contribution in [0.15, 0.2) is 0 Å². The molecule has 0 aliphatic heterocycles. The van der Waals surface area contributed by atoms with E-state index in [1.807, 2.05) is 13.8 Å². The van der Waals surface area contributed by atoms with Gasteiger partial charge in [0.2, 0.25) is 0 Å². The van der Waals surface area contributed by atoms with E-state index < -0.39 is 5.60 Å². The molecular weight excluding hydrogens is 150 g/mol. The zero-order chi connectivity index (χ0) is 9.03. The first kappa shape index (κ1) is 9.54. The lowest BCUT2D eigenvalue weighted by molar-refractivity contribution is -0.0624. The van der Waals surface area contributed by atoms with Crippen molar-refractivity contribution in [1.29, 1.82) is 5.26 Å². The van der Waals surface area contributed by atoms with Gasteiger partial charge in [0.05, 0.1) is 12.2 Å². The average Bonchev–Trinajstić information content (AvgIpc) is 2.05. The zero-order valence-corrected chi connectivity index (χ0v) is 7.97. The maximum Gasteiger partial charge on any atom is 0.154 e. The molecule has 2 heteroatoms. The van der Waals surface area contributed by atoms with Crippen LogP contribution in [0.2, 0.25) is 0 Å². The van der Waals surface area contributed by atoms with Crippen molar-refractivity contribution in [2.24, 2.45) is 0 Å². The third kappa shape index (κ3) is 2.22. The number of nitriles is 1. The van der Waals surface area contributed by atoms with Gasteiger partial charge in [0.1, 0.15) is 0 Å². The lowest BCUT2D eigenvalue weighted by Crippen LogP contribution is -2.35. The summed E-state index contributed by atoms with van der Waals surface area (Å²) in [5.41, 5.74) is -0.452. The molecule has 1 fully saturated rings. The first-order chi connectivity index (χ1) is 5.68. The molecule has 0 bridgehead atoms. The molecule has 0 aromatic heterocycles. The Labute approximate surface area is 74.5 Å². The Balaban J connectivity index is 2.55. The van der Waals surface area contributed by atoms with Crippen LogP contribution < -0.4 is 0 Å². The van der Waals surface area contributed by atoms with Crippen molar-refractivity contribution in [2.45, 2.75) is 57.7 Å². The van der Waals surface area contributed by atoms with Crippen LogP contribution in [-0.2, 0) is 4.74 Å². The first-order valence-electron chi connectivity index (χ1n) is 4.78. The highest BCUT2D eigenvalue weighted by Crippen LogP contribution is 2.31. The summed E-state index contributed by atoms with van der Waals surface area (Å²) in [4.78, 5) is 0. The van der Waals surface area contributed by atoms with Crippen molar-refractivity contribution in [2.75, 3.05) is 0 Å². The Morgan fingerprint density at radius 1 is 1.25 bits per heavy atom. The van der Waals surface area contributed by atoms with Gasteiger partial charge >= 0.3 is 0 Å². The van der Waals surface area contributed by atoms with Gasteiger partial charge in [0, 0.05) is 0 Å². The largest absolute Gasteiger partial charge is 0.357 e. The standard InChI is InChI=1S/C10H17NO/c1-9(2)12-10(8-11)6-4-3-5-7-10/h9H,3-7H2,1-2H3. The summed E-state index contributed by atoms with van der Waals surface area (Å²) in [7, 11) is 0. The number of hydrogen-bond acceptors (Lipinski definition) is 2. The van der Waals surface area contributed by atoms with Gasteiger partial charge in [-0.3, -0.25) is 0 Å². The van der Waals surface area contributed by atoms with Crippen molar-refractivity contribution < 1.29 is 4.74 Å². The van der Waals surface area contributed by atoms with Gasteiger partial charge in [-0.1, -0.05) is 6.42 Å². The fourth-order valence-corrected chi connectivity index (χ4v) is 1.83. The van der Waals surface area contributed by atoms with Crippen molar-refractivity contribution in [3.05, 3.63) is 0 Å². The molecule has 0 aromatic carbocycles. The second-order valence-corrected chi connectivity index (χ2v) is 3.83. The summed E-state index contributed by atoms with van der Waals surface area (Å²) in [5, 5.41) is 9.02. The van der Waals surface area contributed by atoms with E-state index in [4.69, 9.17) is 10.00 Å². The van der Waals surface area contributed by atoms with E-state index in [-0.39, 0.29) is 6.10 Å². The molecule has 0 amide bonds. The molecule has 1 rings (SSSR count).